The highest BCUT2D eigenvalue weighted by molar-refractivity contribution is 7.80. The fourth-order valence-electron chi connectivity index (χ4n) is 2.83. The molecule has 6 heteroatoms. The third-order valence-corrected chi connectivity index (χ3v) is 4.70. The van der Waals surface area contributed by atoms with Crippen LogP contribution in [0.25, 0.3) is 0 Å². The Morgan fingerprint density at radius 2 is 1.37 bits per heavy atom. The van der Waals surface area contributed by atoms with Crippen LogP contribution in [0.2, 0.25) is 0 Å². The molecule has 4 nitrogen and oxygen atoms in total. The Labute approximate surface area is 181 Å². The number of hydrogen-bond donors (Lipinski definition) is 3. The first kappa shape index (κ1) is 21.5. The van der Waals surface area contributed by atoms with Crippen molar-refractivity contribution in [2.24, 2.45) is 0 Å². The number of carbonyl (C=O) groups excluding carboxylic acids is 1. The minimum Gasteiger partial charge on any atom is -0.332 e. The van der Waals surface area contributed by atoms with Crippen molar-refractivity contribution in [1.82, 2.24) is 0 Å². The van der Waals surface area contributed by atoms with Crippen LogP contribution in [-0.2, 0) is 5.41 Å². The number of amides is 1. The lowest BCUT2D eigenvalue weighted by molar-refractivity contribution is 0.102. The summed E-state index contributed by atoms with van der Waals surface area (Å²) < 4.78 is 13.0. The maximum atomic E-state index is 13.0. The minimum absolute atomic E-state index is 0.0371. The SMILES string of the molecule is CC(C)(C)c1ccc(C(=O)Nc2cccc(NC(=S)Nc3ccc(F)cc3)c2)cc1. The van der Waals surface area contributed by atoms with E-state index in [4.69, 9.17) is 12.2 Å². The van der Waals surface area contributed by atoms with Crippen molar-refractivity contribution in [3.05, 3.63) is 89.7 Å². The Balaban J connectivity index is 1.62. The minimum atomic E-state index is -0.309. The van der Waals surface area contributed by atoms with Crippen LogP contribution in [-0.4, -0.2) is 11.0 Å². The Hall–Kier alpha value is -3.25. The van der Waals surface area contributed by atoms with Gasteiger partial charge in [0.25, 0.3) is 5.91 Å². The number of rotatable bonds is 4. The second-order valence-electron chi connectivity index (χ2n) is 7.95. The van der Waals surface area contributed by atoms with E-state index in [1.807, 2.05) is 42.5 Å². The molecule has 0 atom stereocenters. The van der Waals surface area contributed by atoms with Gasteiger partial charge in [0, 0.05) is 22.6 Å². The van der Waals surface area contributed by atoms with Crippen molar-refractivity contribution >= 4 is 40.3 Å². The van der Waals surface area contributed by atoms with Gasteiger partial charge in [-0.1, -0.05) is 39.0 Å². The van der Waals surface area contributed by atoms with Crippen LogP contribution >= 0.6 is 12.2 Å². The molecule has 0 aliphatic carbocycles. The molecule has 0 saturated carbocycles. The summed E-state index contributed by atoms with van der Waals surface area (Å²) >= 11 is 5.30. The lowest BCUT2D eigenvalue weighted by Crippen LogP contribution is -2.19. The number of anilines is 3. The summed E-state index contributed by atoms with van der Waals surface area (Å²) in [5.74, 6) is -0.490. The van der Waals surface area contributed by atoms with E-state index in [1.165, 1.54) is 17.7 Å². The summed E-state index contributed by atoms with van der Waals surface area (Å²) in [4.78, 5) is 12.6. The first-order chi connectivity index (χ1) is 14.2. The third kappa shape index (κ3) is 5.87. The maximum absolute atomic E-state index is 13.0. The lowest BCUT2D eigenvalue weighted by Gasteiger charge is -2.19. The molecule has 3 rings (SSSR count). The summed E-state index contributed by atoms with van der Waals surface area (Å²) in [5.41, 5.74) is 3.85. The van der Waals surface area contributed by atoms with Gasteiger partial charge in [-0.05, 0) is 77.8 Å². The van der Waals surface area contributed by atoms with Gasteiger partial charge >= 0.3 is 0 Å². The average molecular weight is 422 g/mol. The molecule has 3 N–H and O–H groups in total. The van der Waals surface area contributed by atoms with Crippen LogP contribution in [0.15, 0.2) is 72.8 Å². The first-order valence-electron chi connectivity index (χ1n) is 9.56. The second-order valence-corrected chi connectivity index (χ2v) is 8.36. The molecule has 0 aliphatic rings. The monoisotopic (exact) mass is 421 g/mol. The van der Waals surface area contributed by atoms with Gasteiger partial charge in [-0.25, -0.2) is 4.39 Å². The molecule has 3 aromatic rings. The lowest BCUT2D eigenvalue weighted by atomic mass is 9.87. The van der Waals surface area contributed by atoms with E-state index >= 15 is 0 Å². The van der Waals surface area contributed by atoms with Gasteiger partial charge in [0.15, 0.2) is 5.11 Å². The summed E-state index contributed by atoms with van der Waals surface area (Å²) in [6.07, 6.45) is 0. The van der Waals surface area contributed by atoms with Crippen LogP contribution in [0.5, 0.6) is 0 Å². The number of benzene rings is 3. The molecule has 0 unspecified atom stereocenters. The normalized spacial score (nSPS) is 10.9. The van der Waals surface area contributed by atoms with Crippen LogP contribution in [0.1, 0.15) is 36.7 Å². The van der Waals surface area contributed by atoms with E-state index in [0.717, 1.165) is 5.69 Å². The first-order valence-corrected chi connectivity index (χ1v) is 9.97. The van der Waals surface area contributed by atoms with E-state index in [1.54, 1.807) is 18.2 Å². The van der Waals surface area contributed by atoms with Crippen molar-refractivity contribution in [2.45, 2.75) is 26.2 Å². The van der Waals surface area contributed by atoms with Crippen LogP contribution in [0, 0.1) is 5.82 Å². The maximum Gasteiger partial charge on any atom is 0.255 e. The number of thiocarbonyl (C=S) groups is 1. The zero-order chi connectivity index (χ0) is 21.7. The Morgan fingerprint density at radius 1 is 0.800 bits per heavy atom. The summed E-state index contributed by atoms with van der Waals surface area (Å²) in [5, 5.41) is 9.31. The van der Waals surface area contributed by atoms with Crippen molar-refractivity contribution in [1.29, 1.82) is 0 Å². The smallest absolute Gasteiger partial charge is 0.255 e. The van der Waals surface area contributed by atoms with Crippen molar-refractivity contribution in [3.8, 4) is 0 Å². The molecular weight excluding hydrogens is 397 g/mol. The number of nitrogens with one attached hydrogen (secondary N) is 3. The molecule has 0 aromatic heterocycles. The Morgan fingerprint density at radius 3 is 1.97 bits per heavy atom. The van der Waals surface area contributed by atoms with Crippen molar-refractivity contribution in [2.75, 3.05) is 16.0 Å². The predicted octanol–water partition coefficient (Wildman–Crippen LogP) is 6.18. The molecule has 0 fully saturated rings. The number of carbonyl (C=O) groups is 1. The predicted molar refractivity (Wildman–Crippen MR) is 126 cm³/mol. The fraction of sp³-hybridized carbons (Fsp3) is 0.167. The van der Waals surface area contributed by atoms with Crippen LogP contribution < -0.4 is 16.0 Å². The summed E-state index contributed by atoms with van der Waals surface area (Å²) in [6, 6.07) is 20.8. The molecule has 3 aromatic carbocycles. The molecule has 0 saturated heterocycles. The third-order valence-electron chi connectivity index (χ3n) is 4.49. The van der Waals surface area contributed by atoms with Gasteiger partial charge in [-0.3, -0.25) is 4.79 Å². The highest BCUT2D eigenvalue weighted by Gasteiger charge is 2.14. The molecule has 0 spiro atoms. The zero-order valence-electron chi connectivity index (χ0n) is 17.1. The Kier molecular flexibility index (Phi) is 6.47. The average Bonchev–Trinajstić information content (AvgIpc) is 2.69. The summed E-state index contributed by atoms with van der Waals surface area (Å²) in [7, 11) is 0. The van der Waals surface area contributed by atoms with Gasteiger partial charge < -0.3 is 16.0 Å². The number of halogens is 1. The van der Waals surface area contributed by atoms with E-state index in [9.17, 15) is 9.18 Å². The molecule has 0 aliphatic heterocycles. The van der Waals surface area contributed by atoms with Gasteiger partial charge in [0.1, 0.15) is 5.82 Å². The second kappa shape index (κ2) is 9.05. The molecular formula is C24H24FN3OS. The van der Waals surface area contributed by atoms with E-state index in [2.05, 4.69) is 36.7 Å². The van der Waals surface area contributed by atoms with E-state index in [0.29, 0.717) is 22.1 Å². The highest BCUT2D eigenvalue weighted by Crippen LogP contribution is 2.23. The van der Waals surface area contributed by atoms with Gasteiger partial charge in [0.2, 0.25) is 0 Å². The molecule has 0 heterocycles. The zero-order valence-corrected chi connectivity index (χ0v) is 17.9. The Bertz CT molecular complexity index is 1040. The standard InChI is InChI=1S/C24H24FN3OS/c1-24(2,3)17-9-7-16(8-10-17)22(29)26-20-5-4-6-21(15-20)28-23(30)27-19-13-11-18(25)12-14-19/h4-15H,1-3H3,(H,26,29)(H2,27,28,30). The molecule has 154 valence electrons. The topological polar surface area (TPSA) is 53.2 Å². The highest BCUT2D eigenvalue weighted by atomic mass is 32.1. The van der Waals surface area contributed by atoms with Gasteiger partial charge in [-0.15, -0.1) is 0 Å². The quantitative estimate of drug-likeness (QED) is 0.440. The van der Waals surface area contributed by atoms with Crippen molar-refractivity contribution in [3.63, 3.8) is 0 Å². The molecule has 0 radical (unpaired) electrons. The molecule has 0 bridgehead atoms. The van der Waals surface area contributed by atoms with Gasteiger partial charge in [-0.2, -0.15) is 0 Å². The largest absolute Gasteiger partial charge is 0.332 e. The van der Waals surface area contributed by atoms with Crippen molar-refractivity contribution < 1.29 is 9.18 Å². The molecule has 30 heavy (non-hydrogen) atoms. The van der Waals surface area contributed by atoms with E-state index in [-0.39, 0.29) is 17.1 Å². The number of hydrogen-bond acceptors (Lipinski definition) is 2. The molecule has 1 amide bonds. The van der Waals surface area contributed by atoms with Crippen LogP contribution in [0.4, 0.5) is 21.5 Å². The van der Waals surface area contributed by atoms with Gasteiger partial charge in [0.05, 0.1) is 0 Å². The summed E-state index contributed by atoms with van der Waals surface area (Å²) in [6.45, 7) is 6.40. The fourth-order valence-corrected chi connectivity index (χ4v) is 3.06. The van der Waals surface area contributed by atoms with Crippen LogP contribution in [0.3, 0.4) is 0 Å². The van der Waals surface area contributed by atoms with E-state index < -0.39 is 0 Å².